The lowest BCUT2D eigenvalue weighted by molar-refractivity contribution is -0.126. The fourth-order valence-electron chi connectivity index (χ4n) is 1.42. The standard InChI is InChI=1S/C12H25N3O3/c1-4-12(13,5-2)11(17)15-7-6-10(16)14-8-9-18-3/h4-9,13H2,1-3H3,(H,14,16)(H,15,17). The van der Waals surface area contributed by atoms with Crippen LogP contribution in [0.3, 0.4) is 0 Å². The maximum Gasteiger partial charge on any atom is 0.240 e. The molecular formula is C12H25N3O3. The van der Waals surface area contributed by atoms with Crippen molar-refractivity contribution in [2.24, 2.45) is 5.73 Å². The van der Waals surface area contributed by atoms with Crippen molar-refractivity contribution in [2.45, 2.75) is 38.6 Å². The van der Waals surface area contributed by atoms with Crippen LogP contribution in [0.5, 0.6) is 0 Å². The lowest BCUT2D eigenvalue weighted by Crippen LogP contribution is -2.53. The average Bonchev–Trinajstić information content (AvgIpc) is 2.38. The van der Waals surface area contributed by atoms with E-state index in [4.69, 9.17) is 10.5 Å². The molecule has 0 aromatic rings. The predicted octanol–water partition coefficient (Wildman–Crippen LogP) is -0.227. The molecule has 0 saturated carbocycles. The lowest BCUT2D eigenvalue weighted by atomic mass is 9.93. The van der Waals surface area contributed by atoms with Crippen molar-refractivity contribution >= 4 is 11.8 Å². The Bertz CT molecular complexity index is 265. The van der Waals surface area contributed by atoms with E-state index in [2.05, 4.69) is 10.6 Å². The predicted molar refractivity (Wildman–Crippen MR) is 70.0 cm³/mol. The molecule has 0 radical (unpaired) electrons. The van der Waals surface area contributed by atoms with Gasteiger partial charge in [-0.1, -0.05) is 13.8 Å². The van der Waals surface area contributed by atoms with Gasteiger partial charge in [0.15, 0.2) is 0 Å². The number of methoxy groups -OCH3 is 1. The Morgan fingerprint density at radius 2 is 1.78 bits per heavy atom. The van der Waals surface area contributed by atoms with Crippen molar-refractivity contribution in [1.29, 1.82) is 0 Å². The second-order valence-electron chi connectivity index (χ2n) is 4.21. The Labute approximate surface area is 109 Å². The van der Waals surface area contributed by atoms with Crippen molar-refractivity contribution in [2.75, 3.05) is 26.8 Å². The maximum atomic E-state index is 11.8. The molecule has 0 saturated heterocycles. The van der Waals surface area contributed by atoms with Gasteiger partial charge < -0.3 is 21.1 Å². The Morgan fingerprint density at radius 3 is 2.28 bits per heavy atom. The average molecular weight is 259 g/mol. The van der Waals surface area contributed by atoms with E-state index in [9.17, 15) is 9.59 Å². The number of ether oxygens (including phenoxy) is 1. The minimum atomic E-state index is -0.827. The van der Waals surface area contributed by atoms with Crippen molar-refractivity contribution < 1.29 is 14.3 Å². The van der Waals surface area contributed by atoms with E-state index in [1.54, 1.807) is 7.11 Å². The molecule has 0 heterocycles. The Balaban J connectivity index is 3.83. The Kier molecular flexibility index (Phi) is 8.32. The number of rotatable bonds is 9. The normalized spacial score (nSPS) is 11.1. The largest absolute Gasteiger partial charge is 0.383 e. The fourth-order valence-corrected chi connectivity index (χ4v) is 1.42. The van der Waals surface area contributed by atoms with E-state index in [1.165, 1.54) is 0 Å². The van der Waals surface area contributed by atoms with Gasteiger partial charge >= 0.3 is 0 Å². The Hall–Kier alpha value is -1.14. The number of nitrogens with two attached hydrogens (primary N) is 1. The molecule has 2 amide bonds. The second kappa shape index (κ2) is 8.88. The minimum Gasteiger partial charge on any atom is -0.383 e. The summed E-state index contributed by atoms with van der Waals surface area (Å²) in [5, 5.41) is 5.37. The zero-order valence-corrected chi connectivity index (χ0v) is 11.5. The van der Waals surface area contributed by atoms with Crippen LogP contribution >= 0.6 is 0 Å². The third kappa shape index (κ3) is 5.97. The third-order valence-corrected chi connectivity index (χ3v) is 2.98. The number of carbonyl (C=O) groups excluding carboxylic acids is 2. The topological polar surface area (TPSA) is 93.5 Å². The summed E-state index contributed by atoms with van der Waals surface area (Å²) < 4.78 is 4.81. The molecule has 0 unspecified atom stereocenters. The summed E-state index contributed by atoms with van der Waals surface area (Å²) in [4.78, 5) is 23.1. The molecule has 0 bridgehead atoms. The van der Waals surface area contributed by atoms with Crippen LogP contribution in [-0.2, 0) is 14.3 Å². The molecule has 0 rings (SSSR count). The van der Waals surface area contributed by atoms with Gasteiger partial charge in [0.2, 0.25) is 11.8 Å². The highest BCUT2D eigenvalue weighted by Crippen LogP contribution is 2.10. The summed E-state index contributed by atoms with van der Waals surface area (Å²) >= 11 is 0. The first-order valence-corrected chi connectivity index (χ1v) is 6.33. The van der Waals surface area contributed by atoms with E-state index in [0.29, 0.717) is 32.5 Å². The highest BCUT2D eigenvalue weighted by molar-refractivity contribution is 5.86. The molecule has 4 N–H and O–H groups in total. The highest BCUT2D eigenvalue weighted by Gasteiger charge is 2.29. The van der Waals surface area contributed by atoms with Crippen LogP contribution in [0.1, 0.15) is 33.1 Å². The van der Waals surface area contributed by atoms with Crippen LogP contribution in [0.4, 0.5) is 0 Å². The molecule has 6 nitrogen and oxygen atoms in total. The van der Waals surface area contributed by atoms with Crippen molar-refractivity contribution in [1.82, 2.24) is 10.6 Å². The molecule has 0 aliphatic rings. The van der Waals surface area contributed by atoms with Gasteiger partial charge in [-0.25, -0.2) is 0 Å². The zero-order chi connectivity index (χ0) is 14.0. The van der Waals surface area contributed by atoms with Crippen LogP contribution in [0.25, 0.3) is 0 Å². The van der Waals surface area contributed by atoms with E-state index < -0.39 is 5.54 Å². The minimum absolute atomic E-state index is 0.108. The van der Waals surface area contributed by atoms with Gasteiger partial charge in [-0.05, 0) is 12.8 Å². The van der Waals surface area contributed by atoms with Crippen molar-refractivity contribution in [3.8, 4) is 0 Å². The summed E-state index contributed by atoms with van der Waals surface area (Å²) in [5.74, 6) is -0.305. The number of hydrogen-bond donors (Lipinski definition) is 3. The molecule has 0 fully saturated rings. The fraction of sp³-hybridized carbons (Fsp3) is 0.833. The van der Waals surface area contributed by atoms with Gasteiger partial charge in [0.1, 0.15) is 0 Å². The second-order valence-corrected chi connectivity index (χ2v) is 4.21. The molecule has 0 spiro atoms. The van der Waals surface area contributed by atoms with Gasteiger partial charge in [0.25, 0.3) is 0 Å². The van der Waals surface area contributed by atoms with Gasteiger partial charge in [0.05, 0.1) is 12.1 Å². The van der Waals surface area contributed by atoms with E-state index >= 15 is 0 Å². The molecule has 106 valence electrons. The maximum absolute atomic E-state index is 11.8. The first kappa shape index (κ1) is 16.9. The van der Waals surface area contributed by atoms with Crippen LogP contribution in [0.15, 0.2) is 0 Å². The summed E-state index contributed by atoms with van der Waals surface area (Å²) in [5.41, 5.74) is 5.10. The molecule has 0 atom stereocenters. The SMILES string of the molecule is CCC(N)(CC)C(=O)NCCC(=O)NCCOC. The van der Waals surface area contributed by atoms with E-state index in [0.717, 1.165) is 0 Å². The van der Waals surface area contributed by atoms with Crippen LogP contribution in [0, 0.1) is 0 Å². The van der Waals surface area contributed by atoms with Gasteiger partial charge in [-0.2, -0.15) is 0 Å². The smallest absolute Gasteiger partial charge is 0.240 e. The summed E-state index contributed by atoms with van der Waals surface area (Å²) in [6.45, 7) is 5.02. The first-order valence-electron chi connectivity index (χ1n) is 6.33. The first-order chi connectivity index (χ1) is 8.50. The summed E-state index contributed by atoms with van der Waals surface area (Å²) in [7, 11) is 1.57. The van der Waals surface area contributed by atoms with Crippen molar-refractivity contribution in [3.63, 3.8) is 0 Å². The molecular weight excluding hydrogens is 234 g/mol. The van der Waals surface area contributed by atoms with Gasteiger partial charge in [-0.3, -0.25) is 9.59 Å². The van der Waals surface area contributed by atoms with Crippen LogP contribution in [-0.4, -0.2) is 44.2 Å². The quantitative estimate of drug-likeness (QED) is 0.499. The molecule has 0 aromatic carbocycles. The van der Waals surface area contributed by atoms with Crippen LogP contribution in [0.2, 0.25) is 0 Å². The third-order valence-electron chi connectivity index (χ3n) is 2.98. The van der Waals surface area contributed by atoms with Gasteiger partial charge in [-0.15, -0.1) is 0 Å². The Morgan fingerprint density at radius 1 is 1.17 bits per heavy atom. The van der Waals surface area contributed by atoms with E-state index in [1.807, 2.05) is 13.8 Å². The van der Waals surface area contributed by atoms with Crippen LogP contribution < -0.4 is 16.4 Å². The highest BCUT2D eigenvalue weighted by atomic mass is 16.5. The number of amides is 2. The van der Waals surface area contributed by atoms with E-state index in [-0.39, 0.29) is 18.2 Å². The molecule has 0 aliphatic carbocycles. The number of nitrogens with one attached hydrogen (secondary N) is 2. The summed E-state index contributed by atoms with van der Waals surface area (Å²) in [6.07, 6.45) is 1.41. The number of hydrogen-bond acceptors (Lipinski definition) is 4. The molecule has 0 aliphatic heterocycles. The molecule has 18 heavy (non-hydrogen) atoms. The number of carbonyl (C=O) groups is 2. The van der Waals surface area contributed by atoms with Crippen molar-refractivity contribution in [3.05, 3.63) is 0 Å². The zero-order valence-electron chi connectivity index (χ0n) is 11.5. The lowest BCUT2D eigenvalue weighted by Gasteiger charge is -2.25. The molecule has 6 heteroatoms. The molecule has 0 aromatic heterocycles. The van der Waals surface area contributed by atoms with Gasteiger partial charge in [0, 0.05) is 26.6 Å². The monoisotopic (exact) mass is 259 g/mol. The summed E-state index contributed by atoms with van der Waals surface area (Å²) in [6, 6.07) is 0.